The van der Waals surface area contributed by atoms with Crippen molar-refractivity contribution in [3.05, 3.63) is 89.1 Å². The highest BCUT2D eigenvalue weighted by Crippen LogP contribution is 2.38. The SMILES string of the molecule is COc1ccc(CS(=O)(=O)OC2CCc3[nH]c4c(Oc5cccc(C(F)(F)F)c5)cccc4c3C2)cc1. The molecule has 1 heterocycles. The maximum absolute atomic E-state index is 13.1. The molecule has 5 rings (SSSR count). The van der Waals surface area contributed by atoms with Crippen LogP contribution in [0.5, 0.6) is 17.2 Å². The first-order valence-electron chi connectivity index (χ1n) is 11.6. The van der Waals surface area contributed by atoms with E-state index in [-0.39, 0.29) is 11.5 Å². The number of ether oxygens (including phenoxy) is 2. The average molecular weight is 532 g/mol. The number of hydrogen-bond donors (Lipinski definition) is 1. The first-order chi connectivity index (χ1) is 17.6. The predicted molar refractivity (Wildman–Crippen MR) is 132 cm³/mol. The van der Waals surface area contributed by atoms with Crippen LogP contribution in [0.25, 0.3) is 10.9 Å². The number of para-hydroxylation sites is 1. The smallest absolute Gasteiger partial charge is 0.416 e. The van der Waals surface area contributed by atoms with Gasteiger partial charge in [0.05, 0.1) is 24.3 Å². The number of aromatic nitrogens is 1. The Morgan fingerprint density at radius 2 is 1.76 bits per heavy atom. The van der Waals surface area contributed by atoms with Gasteiger partial charge in [-0.2, -0.15) is 21.6 Å². The van der Waals surface area contributed by atoms with E-state index in [2.05, 4.69) is 4.98 Å². The van der Waals surface area contributed by atoms with Gasteiger partial charge >= 0.3 is 6.18 Å². The third-order valence-electron chi connectivity index (χ3n) is 6.31. The topological polar surface area (TPSA) is 77.6 Å². The maximum Gasteiger partial charge on any atom is 0.416 e. The third-order valence-corrected chi connectivity index (χ3v) is 7.57. The number of hydrogen-bond acceptors (Lipinski definition) is 5. The molecule has 194 valence electrons. The van der Waals surface area contributed by atoms with Crippen LogP contribution in [0.4, 0.5) is 13.2 Å². The number of rotatable bonds is 7. The van der Waals surface area contributed by atoms with Crippen molar-refractivity contribution in [1.29, 1.82) is 0 Å². The Bertz CT molecular complexity index is 1530. The fraction of sp³-hybridized carbons (Fsp3) is 0.259. The second-order valence-electron chi connectivity index (χ2n) is 8.90. The van der Waals surface area contributed by atoms with E-state index >= 15 is 0 Å². The van der Waals surface area contributed by atoms with Gasteiger partial charge in [0.2, 0.25) is 0 Å². The van der Waals surface area contributed by atoms with Crippen LogP contribution in [-0.2, 0) is 39.1 Å². The Morgan fingerprint density at radius 1 is 1.00 bits per heavy atom. The van der Waals surface area contributed by atoms with Crippen LogP contribution in [0.3, 0.4) is 0 Å². The number of fused-ring (bicyclic) bond motifs is 3. The van der Waals surface area contributed by atoms with Gasteiger partial charge < -0.3 is 14.5 Å². The second-order valence-corrected chi connectivity index (χ2v) is 10.5. The van der Waals surface area contributed by atoms with E-state index in [0.717, 1.165) is 28.8 Å². The van der Waals surface area contributed by atoms with E-state index in [0.29, 0.717) is 41.8 Å². The lowest BCUT2D eigenvalue weighted by atomic mass is 9.93. The van der Waals surface area contributed by atoms with Crippen LogP contribution >= 0.6 is 0 Å². The Hall–Kier alpha value is -3.50. The van der Waals surface area contributed by atoms with Crippen molar-refractivity contribution in [1.82, 2.24) is 4.98 Å². The van der Waals surface area contributed by atoms with Gasteiger partial charge in [-0.1, -0.05) is 30.3 Å². The molecule has 37 heavy (non-hydrogen) atoms. The molecule has 10 heteroatoms. The Labute approximate surface area is 212 Å². The summed E-state index contributed by atoms with van der Waals surface area (Å²) >= 11 is 0. The van der Waals surface area contributed by atoms with Crippen molar-refractivity contribution in [2.24, 2.45) is 0 Å². The second kappa shape index (κ2) is 9.75. The summed E-state index contributed by atoms with van der Waals surface area (Å²) in [6, 6.07) is 16.8. The van der Waals surface area contributed by atoms with Gasteiger partial charge in [-0.05, 0) is 60.4 Å². The van der Waals surface area contributed by atoms with Crippen LogP contribution in [0.2, 0.25) is 0 Å². The number of methoxy groups -OCH3 is 1. The summed E-state index contributed by atoms with van der Waals surface area (Å²) in [5.41, 5.74) is 2.30. The van der Waals surface area contributed by atoms with Crippen LogP contribution < -0.4 is 9.47 Å². The van der Waals surface area contributed by atoms with Gasteiger partial charge in [-0.15, -0.1) is 0 Å². The molecule has 0 aliphatic heterocycles. The molecular formula is C27H24F3NO5S. The number of halogens is 3. The Morgan fingerprint density at radius 3 is 2.49 bits per heavy atom. The summed E-state index contributed by atoms with van der Waals surface area (Å²) < 4.78 is 81.3. The first kappa shape index (κ1) is 25.2. The fourth-order valence-electron chi connectivity index (χ4n) is 4.58. The highest BCUT2D eigenvalue weighted by atomic mass is 32.2. The summed E-state index contributed by atoms with van der Waals surface area (Å²) in [6.07, 6.45) is -3.55. The van der Waals surface area contributed by atoms with E-state index in [1.165, 1.54) is 19.2 Å². The molecule has 0 saturated carbocycles. The monoisotopic (exact) mass is 531 g/mol. The van der Waals surface area contributed by atoms with Gasteiger partial charge in [-0.25, -0.2) is 0 Å². The normalized spacial score (nSPS) is 15.9. The molecule has 6 nitrogen and oxygen atoms in total. The van der Waals surface area contributed by atoms with Crippen molar-refractivity contribution >= 4 is 21.0 Å². The molecule has 0 spiro atoms. The highest BCUT2D eigenvalue weighted by Gasteiger charge is 2.31. The molecule has 1 unspecified atom stereocenters. The van der Waals surface area contributed by atoms with Gasteiger partial charge in [0.15, 0.2) is 5.75 Å². The van der Waals surface area contributed by atoms with Crippen LogP contribution in [0.1, 0.15) is 28.8 Å². The Kier molecular flexibility index (Phi) is 6.63. The molecular weight excluding hydrogens is 507 g/mol. The van der Waals surface area contributed by atoms with E-state index in [1.54, 1.807) is 36.4 Å². The summed E-state index contributed by atoms with van der Waals surface area (Å²) in [4.78, 5) is 3.32. The fourth-order valence-corrected chi connectivity index (χ4v) is 5.83. The zero-order valence-corrected chi connectivity index (χ0v) is 20.7. The number of aryl methyl sites for hydroxylation is 1. The molecule has 1 aliphatic carbocycles. The molecule has 3 aromatic carbocycles. The molecule has 1 aromatic heterocycles. The van der Waals surface area contributed by atoms with Gasteiger partial charge in [0.1, 0.15) is 17.3 Å². The minimum Gasteiger partial charge on any atom is -0.497 e. The number of alkyl halides is 3. The van der Waals surface area contributed by atoms with Crippen LogP contribution in [0.15, 0.2) is 66.7 Å². The van der Waals surface area contributed by atoms with E-state index < -0.39 is 28.0 Å². The van der Waals surface area contributed by atoms with E-state index in [4.69, 9.17) is 13.7 Å². The molecule has 0 amide bonds. The molecule has 0 radical (unpaired) electrons. The number of aromatic amines is 1. The minimum atomic E-state index is -4.47. The van der Waals surface area contributed by atoms with Crippen molar-refractivity contribution < 1.29 is 35.2 Å². The van der Waals surface area contributed by atoms with Crippen LogP contribution in [0, 0.1) is 0 Å². The van der Waals surface area contributed by atoms with Crippen molar-refractivity contribution in [3.63, 3.8) is 0 Å². The van der Waals surface area contributed by atoms with E-state index in [9.17, 15) is 21.6 Å². The van der Waals surface area contributed by atoms with Gasteiger partial charge in [0, 0.05) is 17.5 Å². The number of H-pyrrole nitrogens is 1. The zero-order chi connectivity index (χ0) is 26.2. The lowest BCUT2D eigenvalue weighted by Crippen LogP contribution is -2.26. The average Bonchev–Trinajstić information content (AvgIpc) is 3.23. The summed E-state index contributed by atoms with van der Waals surface area (Å²) in [5.74, 6) is 0.845. The Balaban J connectivity index is 1.34. The molecule has 0 saturated heterocycles. The largest absolute Gasteiger partial charge is 0.497 e. The highest BCUT2D eigenvalue weighted by molar-refractivity contribution is 7.85. The molecule has 1 N–H and O–H groups in total. The van der Waals surface area contributed by atoms with Crippen molar-refractivity contribution in [2.75, 3.05) is 7.11 Å². The molecule has 4 aromatic rings. The zero-order valence-electron chi connectivity index (χ0n) is 19.8. The molecule has 1 aliphatic rings. The van der Waals surface area contributed by atoms with Crippen molar-refractivity contribution in [2.45, 2.75) is 37.3 Å². The van der Waals surface area contributed by atoms with Gasteiger partial charge in [-0.3, -0.25) is 4.18 Å². The third kappa shape index (κ3) is 5.60. The van der Waals surface area contributed by atoms with Gasteiger partial charge in [0.25, 0.3) is 10.1 Å². The van der Waals surface area contributed by atoms with E-state index in [1.807, 2.05) is 6.07 Å². The van der Waals surface area contributed by atoms with Crippen molar-refractivity contribution in [3.8, 4) is 17.2 Å². The standard InChI is InChI=1S/C27H24F3NO5S/c1-34-19-10-8-17(9-11-19)16-37(32,33)36-21-12-13-24-23(15-21)22-6-3-7-25(26(22)31-24)35-20-5-2-4-18(14-20)27(28,29)30/h2-11,14,21,31H,12-13,15-16H2,1H3. The summed E-state index contributed by atoms with van der Waals surface area (Å²) in [6.45, 7) is 0. The number of benzene rings is 3. The van der Waals surface area contributed by atoms with Crippen LogP contribution in [-0.4, -0.2) is 26.6 Å². The molecule has 1 atom stereocenters. The minimum absolute atomic E-state index is 0.0701. The summed E-state index contributed by atoms with van der Waals surface area (Å²) in [7, 11) is -2.29. The molecule has 0 fully saturated rings. The lowest BCUT2D eigenvalue weighted by Gasteiger charge is -2.22. The first-order valence-corrected chi connectivity index (χ1v) is 13.2. The quantitative estimate of drug-likeness (QED) is 0.280. The maximum atomic E-state index is 13.1. The summed E-state index contributed by atoms with van der Waals surface area (Å²) in [5, 5.41) is 0.820. The number of nitrogens with one attached hydrogen (secondary N) is 1. The predicted octanol–water partition coefficient (Wildman–Crippen LogP) is 6.39. The lowest BCUT2D eigenvalue weighted by molar-refractivity contribution is -0.137. The molecule has 0 bridgehead atoms.